The molecule has 4 nitrogen and oxygen atoms in total. The van der Waals surface area contributed by atoms with E-state index >= 15 is 0 Å². The summed E-state index contributed by atoms with van der Waals surface area (Å²) in [5.74, 6) is -0.968. The molecule has 1 heterocycles. The highest BCUT2D eigenvalue weighted by Gasteiger charge is 2.29. The van der Waals surface area contributed by atoms with Crippen LogP contribution in [-0.4, -0.2) is 31.3 Å². The molecule has 1 aromatic carbocycles. The molecule has 0 aromatic heterocycles. The van der Waals surface area contributed by atoms with Crippen molar-refractivity contribution in [2.75, 3.05) is 20.3 Å². The SMILES string of the molecule is COCCc1ccc(C2CC(C(=O)O)CN2)cc1. The summed E-state index contributed by atoms with van der Waals surface area (Å²) in [6, 6.07) is 8.50. The topological polar surface area (TPSA) is 58.6 Å². The highest BCUT2D eigenvalue weighted by atomic mass is 16.5. The molecule has 0 spiro atoms. The van der Waals surface area contributed by atoms with E-state index in [0.717, 1.165) is 13.0 Å². The first-order chi connectivity index (χ1) is 8.70. The number of nitrogens with one attached hydrogen (secondary N) is 1. The van der Waals surface area contributed by atoms with E-state index in [9.17, 15) is 4.79 Å². The van der Waals surface area contributed by atoms with Gasteiger partial charge >= 0.3 is 5.97 Å². The average Bonchev–Trinajstić information content (AvgIpc) is 2.87. The van der Waals surface area contributed by atoms with Gasteiger partial charge in [0.1, 0.15) is 0 Å². The Kier molecular flexibility index (Phi) is 4.33. The molecule has 2 atom stereocenters. The van der Waals surface area contributed by atoms with Crippen LogP contribution in [0.25, 0.3) is 0 Å². The third-order valence-corrected chi connectivity index (χ3v) is 3.46. The van der Waals surface area contributed by atoms with Gasteiger partial charge in [-0.05, 0) is 24.0 Å². The van der Waals surface area contributed by atoms with Crippen LogP contribution in [0.2, 0.25) is 0 Å². The smallest absolute Gasteiger partial charge is 0.307 e. The number of hydrogen-bond donors (Lipinski definition) is 2. The Morgan fingerprint density at radius 1 is 1.44 bits per heavy atom. The lowest BCUT2D eigenvalue weighted by molar-refractivity contribution is -0.141. The molecular formula is C14H19NO3. The quantitative estimate of drug-likeness (QED) is 0.832. The Morgan fingerprint density at radius 2 is 2.17 bits per heavy atom. The zero-order valence-corrected chi connectivity index (χ0v) is 10.6. The van der Waals surface area contributed by atoms with Crippen molar-refractivity contribution in [2.45, 2.75) is 18.9 Å². The van der Waals surface area contributed by atoms with Gasteiger partial charge in [0.05, 0.1) is 12.5 Å². The van der Waals surface area contributed by atoms with Crippen molar-refractivity contribution in [3.05, 3.63) is 35.4 Å². The van der Waals surface area contributed by atoms with E-state index in [1.54, 1.807) is 7.11 Å². The lowest BCUT2D eigenvalue weighted by atomic mass is 9.99. The van der Waals surface area contributed by atoms with Crippen LogP contribution in [0.5, 0.6) is 0 Å². The van der Waals surface area contributed by atoms with Crippen LogP contribution in [0.1, 0.15) is 23.6 Å². The minimum absolute atomic E-state index is 0.169. The van der Waals surface area contributed by atoms with Crippen molar-refractivity contribution in [2.24, 2.45) is 5.92 Å². The number of carbonyl (C=O) groups is 1. The van der Waals surface area contributed by atoms with Gasteiger partial charge in [-0.25, -0.2) is 0 Å². The third-order valence-electron chi connectivity index (χ3n) is 3.46. The molecule has 0 saturated carbocycles. The second kappa shape index (κ2) is 5.98. The Labute approximate surface area is 107 Å². The molecule has 1 saturated heterocycles. The van der Waals surface area contributed by atoms with Crippen molar-refractivity contribution in [3.63, 3.8) is 0 Å². The summed E-state index contributed by atoms with van der Waals surface area (Å²) in [6.07, 6.45) is 1.58. The van der Waals surface area contributed by atoms with Crippen molar-refractivity contribution < 1.29 is 14.6 Å². The van der Waals surface area contributed by atoms with Gasteiger partial charge in [-0.1, -0.05) is 24.3 Å². The lowest BCUT2D eigenvalue weighted by Gasteiger charge is -2.11. The van der Waals surface area contributed by atoms with Crippen LogP contribution in [-0.2, 0) is 16.0 Å². The number of hydrogen-bond acceptors (Lipinski definition) is 3. The van der Waals surface area contributed by atoms with E-state index in [4.69, 9.17) is 9.84 Å². The number of benzene rings is 1. The largest absolute Gasteiger partial charge is 0.481 e. The molecule has 4 heteroatoms. The van der Waals surface area contributed by atoms with Gasteiger partial charge in [-0.15, -0.1) is 0 Å². The standard InChI is InChI=1S/C14H19NO3/c1-18-7-6-10-2-4-11(5-3-10)13-8-12(9-15-13)14(16)17/h2-5,12-13,15H,6-9H2,1H3,(H,16,17). The monoisotopic (exact) mass is 249 g/mol. The molecule has 1 aliphatic rings. The molecular weight excluding hydrogens is 230 g/mol. The predicted molar refractivity (Wildman–Crippen MR) is 68.5 cm³/mol. The highest BCUT2D eigenvalue weighted by molar-refractivity contribution is 5.70. The van der Waals surface area contributed by atoms with Crippen LogP contribution in [0, 0.1) is 5.92 Å². The number of aliphatic carboxylic acids is 1. The fourth-order valence-corrected chi connectivity index (χ4v) is 2.31. The number of carboxylic acids is 1. The van der Waals surface area contributed by atoms with Gasteiger partial charge in [-0.3, -0.25) is 4.79 Å². The first-order valence-electron chi connectivity index (χ1n) is 6.24. The zero-order chi connectivity index (χ0) is 13.0. The first kappa shape index (κ1) is 13.1. The summed E-state index contributed by atoms with van der Waals surface area (Å²) in [4.78, 5) is 10.9. The van der Waals surface area contributed by atoms with Crippen molar-refractivity contribution in [1.82, 2.24) is 5.32 Å². The molecule has 2 unspecified atom stereocenters. The van der Waals surface area contributed by atoms with E-state index in [1.807, 2.05) is 0 Å². The van der Waals surface area contributed by atoms with Crippen LogP contribution in [0.4, 0.5) is 0 Å². The zero-order valence-electron chi connectivity index (χ0n) is 10.6. The number of carboxylic acid groups (broad SMARTS) is 1. The summed E-state index contributed by atoms with van der Waals surface area (Å²) in [7, 11) is 1.70. The fraction of sp³-hybridized carbons (Fsp3) is 0.500. The molecule has 1 fully saturated rings. The maximum atomic E-state index is 10.9. The lowest BCUT2D eigenvalue weighted by Crippen LogP contribution is -2.17. The molecule has 18 heavy (non-hydrogen) atoms. The fourth-order valence-electron chi connectivity index (χ4n) is 2.31. The number of methoxy groups -OCH3 is 1. The molecule has 0 bridgehead atoms. The van der Waals surface area contributed by atoms with Gasteiger partial charge in [0.2, 0.25) is 0 Å². The number of ether oxygens (including phenoxy) is 1. The van der Waals surface area contributed by atoms with Gasteiger partial charge in [0.25, 0.3) is 0 Å². The second-order valence-corrected chi connectivity index (χ2v) is 4.72. The molecule has 98 valence electrons. The summed E-state index contributed by atoms with van der Waals surface area (Å²) < 4.78 is 5.04. The summed E-state index contributed by atoms with van der Waals surface area (Å²) in [5.41, 5.74) is 2.41. The molecule has 0 amide bonds. The minimum atomic E-state index is -0.707. The first-order valence-corrected chi connectivity index (χ1v) is 6.24. The third kappa shape index (κ3) is 3.09. The number of rotatable bonds is 5. The Hall–Kier alpha value is -1.39. The van der Waals surface area contributed by atoms with E-state index < -0.39 is 5.97 Å². The predicted octanol–water partition coefficient (Wildman–Crippen LogP) is 1.61. The maximum Gasteiger partial charge on any atom is 0.307 e. The van der Waals surface area contributed by atoms with E-state index in [-0.39, 0.29) is 12.0 Å². The van der Waals surface area contributed by atoms with Crippen LogP contribution >= 0.6 is 0 Å². The van der Waals surface area contributed by atoms with Crippen molar-refractivity contribution >= 4 is 5.97 Å². The molecule has 1 aromatic rings. The van der Waals surface area contributed by atoms with Crippen LogP contribution < -0.4 is 5.32 Å². The summed E-state index contributed by atoms with van der Waals surface area (Å²) in [5, 5.41) is 12.2. The maximum absolute atomic E-state index is 10.9. The van der Waals surface area contributed by atoms with E-state index in [1.165, 1.54) is 11.1 Å². The van der Waals surface area contributed by atoms with Crippen molar-refractivity contribution in [3.8, 4) is 0 Å². The van der Waals surface area contributed by atoms with Gasteiger partial charge in [0.15, 0.2) is 0 Å². The Bertz CT molecular complexity index is 402. The molecule has 1 aliphatic heterocycles. The normalized spacial score (nSPS) is 23.2. The summed E-state index contributed by atoms with van der Waals surface area (Å²) >= 11 is 0. The molecule has 0 radical (unpaired) electrons. The van der Waals surface area contributed by atoms with Gasteiger partial charge in [-0.2, -0.15) is 0 Å². The molecule has 2 rings (SSSR count). The Morgan fingerprint density at radius 3 is 2.72 bits per heavy atom. The average molecular weight is 249 g/mol. The van der Waals surface area contributed by atoms with E-state index in [2.05, 4.69) is 29.6 Å². The second-order valence-electron chi connectivity index (χ2n) is 4.72. The summed E-state index contributed by atoms with van der Waals surface area (Å²) in [6.45, 7) is 1.29. The Balaban J connectivity index is 1.96. The van der Waals surface area contributed by atoms with Crippen molar-refractivity contribution in [1.29, 1.82) is 0 Å². The minimum Gasteiger partial charge on any atom is -0.481 e. The molecule has 2 N–H and O–H groups in total. The molecule has 0 aliphatic carbocycles. The van der Waals surface area contributed by atoms with Gasteiger partial charge < -0.3 is 15.2 Å². The van der Waals surface area contributed by atoms with Crippen LogP contribution in [0.15, 0.2) is 24.3 Å². The van der Waals surface area contributed by atoms with E-state index in [0.29, 0.717) is 13.0 Å². The highest BCUT2D eigenvalue weighted by Crippen LogP contribution is 2.27. The van der Waals surface area contributed by atoms with Crippen LogP contribution in [0.3, 0.4) is 0 Å². The van der Waals surface area contributed by atoms with Gasteiger partial charge in [0, 0.05) is 19.7 Å².